The molecule has 2 aliphatic heterocycles. The van der Waals surface area contributed by atoms with Crippen LogP contribution >= 0.6 is 11.8 Å². The first-order valence-electron chi connectivity index (χ1n) is 9.42. The van der Waals surface area contributed by atoms with E-state index < -0.39 is 0 Å². The van der Waals surface area contributed by atoms with Crippen LogP contribution in [0.15, 0.2) is 53.9 Å². The predicted octanol–water partition coefficient (Wildman–Crippen LogP) is 2.80. The van der Waals surface area contributed by atoms with Gasteiger partial charge in [0, 0.05) is 25.5 Å². The first-order chi connectivity index (χ1) is 14.7. The van der Waals surface area contributed by atoms with Gasteiger partial charge in [-0.05, 0) is 35.4 Å². The fourth-order valence-electron chi connectivity index (χ4n) is 3.22. The number of ether oxygens (including phenoxy) is 4. The first-order valence-corrected chi connectivity index (χ1v) is 10.4. The van der Waals surface area contributed by atoms with Gasteiger partial charge in [0.15, 0.2) is 28.2 Å². The molecule has 1 aromatic heterocycles. The van der Waals surface area contributed by atoms with Gasteiger partial charge in [-0.25, -0.2) is 4.98 Å². The molecule has 8 nitrogen and oxygen atoms in total. The van der Waals surface area contributed by atoms with E-state index in [9.17, 15) is 4.79 Å². The monoisotopic (exact) mass is 425 g/mol. The van der Waals surface area contributed by atoms with Crippen LogP contribution < -0.4 is 24.3 Å². The maximum absolute atomic E-state index is 12.3. The Labute approximate surface area is 177 Å². The molecule has 1 amide bonds. The smallest absolute Gasteiger partial charge is 0.231 e. The van der Waals surface area contributed by atoms with Crippen molar-refractivity contribution in [1.29, 1.82) is 0 Å². The molecule has 3 heterocycles. The second-order valence-corrected chi connectivity index (χ2v) is 7.72. The summed E-state index contributed by atoms with van der Waals surface area (Å²) in [6, 6.07) is 11.5. The third-order valence-corrected chi connectivity index (χ3v) is 5.73. The fraction of sp³-hybridized carbons (Fsp3) is 0.238. The molecule has 0 aliphatic carbocycles. The lowest BCUT2D eigenvalue weighted by molar-refractivity contribution is -0.118. The summed E-state index contributed by atoms with van der Waals surface area (Å²) in [7, 11) is 0. The van der Waals surface area contributed by atoms with E-state index in [1.807, 2.05) is 47.2 Å². The Kier molecular flexibility index (Phi) is 5.10. The minimum absolute atomic E-state index is 0.0599. The number of amides is 1. The van der Waals surface area contributed by atoms with Gasteiger partial charge < -0.3 is 28.8 Å². The van der Waals surface area contributed by atoms with Crippen molar-refractivity contribution < 1.29 is 23.7 Å². The van der Waals surface area contributed by atoms with E-state index in [0.29, 0.717) is 18.8 Å². The van der Waals surface area contributed by atoms with Crippen LogP contribution in [0.2, 0.25) is 0 Å². The van der Waals surface area contributed by atoms with Crippen LogP contribution in [0.5, 0.6) is 23.0 Å². The lowest BCUT2D eigenvalue weighted by Crippen LogP contribution is -2.24. The van der Waals surface area contributed by atoms with Gasteiger partial charge in [-0.2, -0.15) is 0 Å². The summed E-state index contributed by atoms with van der Waals surface area (Å²) in [5.74, 6) is 3.18. The molecule has 0 saturated heterocycles. The molecule has 0 radical (unpaired) electrons. The van der Waals surface area contributed by atoms with Gasteiger partial charge in [-0.3, -0.25) is 4.79 Å². The molecule has 154 valence electrons. The second-order valence-electron chi connectivity index (χ2n) is 6.78. The number of thioether (sulfide) groups is 1. The summed E-state index contributed by atoms with van der Waals surface area (Å²) in [6.45, 7) is 1.56. The van der Waals surface area contributed by atoms with Crippen molar-refractivity contribution >= 4 is 17.7 Å². The molecule has 0 saturated carbocycles. The number of carbonyl (C=O) groups excluding carboxylic acids is 1. The molecule has 30 heavy (non-hydrogen) atoms. The van der Waals surface area contributed by atoms with E-state index >= 15 is 0 Å². The van der Waals surface area contributed by atoms with Crippen molar-refractivity contribution in [3.05, 3.63) is 59.9 Å². The molecule has 3 aromatic rings. The molecule has 2 aliphatic rings. The van der Waals surface area contributed by atoms with Crippen LogP contribution in [0.1, 0.15) is 11.1 Å². The molecule has 1 N–H and O–H groups in total. The Morgan fingerprint density at radius 3 is 2.40 bits per heavy atom. The maximum Gasteiger partial charge on any atom is 0.231 e. The number of benzene rings is 2. The molecule has 0 atom stereocenters. The first kappa shape index (κ1) is 18.7. The highest BCUT2D eigenvalue weighted by molar-refractivity contribution is 7.99. The van der Waals surface area contributed by atoms with Gasteiger partial charge in [0.2, 0.25) is 19.5 Å². The predicted molar refractivity (Wildman–Crippen MR) is 109 cm³/mol. The number of nitrogens with zero attached hydrogens (tertiary/aromatic N) is 2. The zero-order chi connectivity index (χ0) is 20.3. The highest BCUT2D eigenvalue weighted by Gasteiger charge is 2.15. The standard InChI is InChI=1S/C21H19N3O5S/c25-20(23-9-14-1-3-16-18(7-14)28-12-26-16)11-30-21-22-5-6-24(21)10-15-2-4-17-19(8-15)29-13-27-17/h1-8H,9-13H2,(H,23,25). The SMILES string of the molecule is O=C(CSc1nccn1Cc1ccc2c(c1)OCO2)NCc1ccc2c(c1)OCO2. The van der Waals surface area contributed by atoms with Crippen LogP contribution in [0.4, 0.5) is 0 Å². The van der Waals surface area contributed by atoms with Gasteiger partial charge in [0.1, 0.15) is 0 Å². The maximum atomic E-state index is 12.3. The van der Waals surface area contributed by atoms with Gasteiger partial charge in [-0.1, -0.05) is 23.9 Å². The van der Waals surface area contributed by atoms with E-state index in [2.05, 4.69) is 10.3 Å². The van der Waals surface area contributed by atoms with Gasteiger partial charge >= 0.3 is 0 Å². The Hall–Kier alpha value is -3.33. The Balaban J connectivity index is 1.14. The van der Waals surface area contributed by atoms with Gasteiger partial charge in [0.05, 0.1) is 5.75 Å². The summed E-state index contributed by atoms with van der Waals surface area (Å²) >= 11 is 1.40. The molecule has 2 aromatic carbocycles. The number of hydrogen-bond acceptors (Lipinski definition) is 7. The Morgan fingerprint density at radius 1 is 0.967 bits per heavy atom. The third-order valence-electron chi connectivity index (χ3n) is 4.73. The largest absolute Gasteiger partial charge is 0.454 e. The molecule has 0 bridgehead atoms. The van der Waals surface area contributed by atoms with E-state index in [1.165, 1.54) is 11.8 Å². The number of carbonyl (C=O) groups is 1. The van der Waals surface area contributed by atoms with Crippen molar-refractivity contribution in [3.63, 3.8) is 0 Å². The van der Waals surface area contributed by atoms with Crippen molar-refractivity contribution in [2.75, 3.05) is 19.3 Å². The number of fused-ring (bicyclic) bond motifs is 2. The number of aromatic nitrogens is 2. The molecule has 5 rings (SSSR count). The van der Waals surface area contributed by atoms with E-state index in [1.54, 1.807) is 6.20 Å². The lowest BCUT2D eigenvalue weighted by Gasteiger charge is -2.09. The molecule has 9 heteroatoms. The summed E-state index contributed by atoms with van der Waals surface area (Å²) in [5.41, 5.74) is 2.04. The average Bonchev–Trinajstić information content (AvgIpc) is 3.50. The minimum atomic E-state index is -0.0599. The minimum Gasteiger partial charge on any atom is -0.454 e. The second kappa shape index (κ2) is 8.19. The number of hydrogen-bond donors (Lipinski definition) is 1. The van der Waals surface area contributed by atoms with Crippen LogP contribution in [0.3, 0.4) is 0 Å². The van der Waals surface area contributed by atoms with Crippen molar-refractivity contribution in [3.8, 4) is 23.0 Å². The number of rotatable bonds is 7. The molecule has 0 spiro atoms. The topological polar surface area (TPSA) is 83.8 Å². The highest BCUT2D eigenvalue weighted by atomic mass is 32.2. The number of imidazole rings is 1. The van der Waals surface area contributed by atoms with E-state index in [4.69, 9.17) is 18.9 Å². The molecular weight excluding hydrogens is 406 g/mol. The molecule has 0 fully saturated rings. The molecule has 0 unspecified atom stereocenters. The zero-order valence-electron chi connectivity index (χ0n) is 16.0. The molecular formula is C21H19N3O5S. The summed E-state index contributed by atoms with van der Waals surface area (Å²) in [5, 5.41) is 3.71. The average molecular weight is 425 g/mol. The van der Waals surface area contributed by atoms with Crippen LogP contribution in [-0.4, -0.2) is 34.8 Å². The van der Waals surface area contributed by atoms with Gasteiger partial charge in [-0.15, -0.1) is 0 Å². The quantitative estimate of drug-likeness (QED) is 0.583. The highest BCUT2D eigenvalue weighted by Crippen LogP contribution is 2.33. The van der Waals surface area contributed by atoms with Crippen molar-refractivity contribution in [1.82, 2.24) is 14.9 Å². The Morgan fingerprint density at radius 2 is 1.63 bits per heavy atom. The fourth-order valence-corrected chi connectivity index (χ4v) is 4.01. The van der Waals surface area contributed by atoms with E-state index in [0.717, 1.165) is 33.5 Å². The van der Waals surface area contributed by atoms with Crippen molar-refractivity contribution in [2.45, 2.75) is 18.2 Å². The van der Waals surface area contributed by atoms with Crippen LogP contribution in [0.25, 0.3) is 0 Å². The van der Waals surface area contributed by atoms with Gasteiger partial charge in [0.25, 0.3) is 0 Å². The van der Waals surface area contributed by atoms with Crippen LogP contribution in [0, 0.1) is 0 Å². The Bertz CT molecular complexity index is 1080. The summed E-state index contributed by atoms with van der Waals surface area (Å²) in [4.78, 5) is 16.7. The third kappa shape index (κ3) is 4.02. The summed E-state index contributed by atoms with van der Waals surface area (Å²) < 4.78 is 23.5. The normalized spacial score (nSPS) is 13.5. The summed E-state index contributed by atoms with van der Waals surface area (Å²) in [6.07, 6.45) is 3.64. The zero-order valence-corrected chi connectivity index (χ0v) is 16.8. The lowest BCUT2D eigenvalue weighted by atomic mass is 10.2. The van der Waals surface area contributed by atoms with E-state index in [-0.39, 0.29) is 25.2 Å². The number of nitrogens with one attached hydrogen (secondary N) is 1. The van der Waals surface area contributed by atoms with Crippen molar-refractivity contribution in [2.24, 2.45) is 0 Å². The van der Waals surface area contributed by atoms with Crippen LogP contribution in [-0.2, 0) is 17.9 Å².